The van der Waals surface area contributed by atoms with Crippen molar-refractivity contribution < 1.29 is 0 Å². The minimum absolute atomic E-state index is 0.477. The number of aryl methyl sites for hydroxylation is 1. The summed E-state index contributed by atoms with van der Waals surface area (Å²) in [5, 5.41) is 3.66. The Morgan fingerprint density at radius 3 is 2.83 bits per heavy atom. The van der Waals surface area contributed by atoms with E-state index in [1.54, 1.807) is 0 Å². The Morgan fingerprint density at radius 1 is 1.39 bits per heavy atom. The minimum Gasteiger partial charge on any atom is -0.389 e. The number of benzene rings is 1. The number of anilines is 1. The van der Waals surface area contributed by atoms with E-state index in [0.29, 0.717) is 11.0 Å². The second-order valence-corrected chi connectivity index (χ2v) is 5.91. The van der Waals surface area contributed by atoms with Gasteiger partial charge in [-0.25, -0.2) is 0 Å². The van der Waals surface area contributed by atoms with E-state index < -0.39 is 0 Å². The fourth-order valence-corrected chi connectivity index (χ4v) is 3.00. The third kappa shape index (κ3) is 3.02. The van der Waals surface area contributed by atoms with E-state index >= 15 is 0 Å². The normalized spacial score (nSPS) is 23.7. The van der Waals surface area contributed by atoms with Gasteiger partial charge in [-0.2, -0.15) is 0 Å². The zero-order valence-electron chi connectivity index (χ0n) is 11.2. The van der Waals surface area contributed by atoms with Crippen LogP contribution in [0.3, 0.4) is 0 Å². The van der Waals surface area contributed by atoms with Gasteiger partial charge >= 0.3 is 0 Å². The molecule has 2 nitrogen and oxygen atoms in total. The van der Waals surface area contributed by atoms with E-state index in [4.69, 9.17) is 18.0 Å². The predicted octanol–water partition coefficient (Wildman–Crippen LogP) is 3.62. The maximum Gasteiger partial charge on any atom is 0.106 e. The van der Waals surface area contributed by atoms with E-state index in [1.165, 1.54) is 31.2 Å². The summed E-state index contributed by atoms with van der Waals surface area (Å²) < 4.78 is 0. The van der Waals surface area contributed by atoms with Crippen LogP contribution in [-0.2, 0) is 0 Å². The van der Waals surface area contributed by atoms with Gasteiger partial charge in [-0.1, -0.05) is 44.1 Å². The van der Waals surface area contributed by atoms with Crippen LogP contribution >= 0.6 is 12.2 Å². The highest BCUT2D eigenvalue weighted by molar-refractivity contribution is 7.80. The number of hydrogen-bond acceptors (Lipinski definition) is 2. The highest BCUT2D eigenvalue weighted by Crippen LogP contribution is 2.29. The smallest absolute Gasteiger partial charge is 0.106 e. The molecular formula is C15H22N2S. The molecule has 1 aromatic rings. The first-order valence-corrected chi connectivity index (χ1v) is 7.14. The zero-order chi connectivity index (χ0) is 13.1. The SMILES string of the molecule is Cc1cccc(C(N)=S)c1NC1CCCC(C)C1. The van der Waals surface area contributed by atoms with Crippen LogP contribution in [-0.4, -0.2) is 11.0 Å². The molecule has 0 aliphatic heterocycles. The molecule has 0 heterocycles. The molecule has 18 heavy (non-hydrogen) atoms. The van der Waals surface area contributed by atoms with Crippen LogP contribution in [0.15, 0.2) is 18.2 Å². The van der Waals surface area contributed by atoms with Crippen molar-refractivity contribution in [1.82, 2.24) is 0 Å². The lowest BCUT2D eigenvalue weighted by Crippen LogP contribution is -2.28. The third-order valence-corrected chi connectivity index (χ3v) is 4.04. The lowest BCUT2D eigenvalue weighted by molar-refractivity contribution is 0.358. The molecule has 2 atom stereocenters. The molecule has 3 heteroatoms. The molecule has 0 aromatic heterocycles. The first-order chi connectivity index (χ1) is 8.58. The minimum atomic E-state index is 0.477. The van der Waals surface area contributed by atoms with Crippen LogP contribution in [0.5, 0.6) is 0 Å². The predicted molar refractivity (Wildman–Crippen MR) is 82.1 cm³/mol. The van der Waals surface area contributed by atoms with Gasteiger partial charge in [0.15, 0.2) is 0 Å². The lowest BCUT2D eigenvalue weighted by atomic mass is 9.86. The number of rotatable bonds is 3. The van der Waals surface area contributed by atoms with Crippen molar-refractivity contribution in [2.24, 2.45) is 11.7 Å². The van der Waals surface area contributed by atoms with Gasteiger partial charge in [0.05, 0.1) is 0 Å². The second-order valence-electron chi connectivity index (χ2n) is 5.47. The Hall–Kier alpha value is -1.09. The van der Waals surface area contributed by atoms with Crippen LogP contribution in [0.1, 0.15) is 43.7 Å². The lowest BCUT2D eigenvalue weighted by Gasteiger charge is -2.29. The second kappa shape index (κ2) is 5.70. The first-order valence-electron chi connectivity index (χ1n) is 6.74. The average Bonchev–Trinajstić information content (AvgIpc) is 2.31. The van der Waals surface area contributed by atoms with Crippen LogP contribution in [0, 0.1) is 12.8 Å². The number of nitrogens with two attached hydrogens (primary N) is 1. The van der Waals surface area contributed by atoms with Gasteiger partial charge in [-0.3, -0.25) is 0 Å². The molecule has 0 bridgehead atoms. The van der Waals surface area contributed by atoms with Crippen molar-refractivity contribution >= 4 is 22.9 Å². The summed E-state index contributed by atoms with van der Waals surface area (Å²) in [5.74, 6) is 0.813. The van der Waals surface area contributed by atoms with E-state index in [0.717, 1.165) is 17.2 Å². The van der Waals surface area contributed by atoms with Crippen molar-refractivity contribution in [3.8, 4) is 0 Å². The van der Waals surface area contributed by atoms with Crippen LogP contribution < -0.4 is 11.1 Å². The van der Waals surface area contributed by atoms with Crippen molar-refractivity contribution in [2.45, 2.75) is 45.6 Å². The fourth-order valence-electron chi connectivity index (χ4n) is 2.83. The molecule has 1 aromatic carbocycles. The Kier molecular flexibility index (Phi) is 4.23. The van der Waals surface area contributed by atoms with Crippen LogP contribution in [0.25, 0.3) is 0 Å². The molecule has 2 unspecified atom stereocenters. The van der Waals surface area contributed by atoms with E-state index in [1.807, 2.05) is 12.1 Å². The molecule has 1 saturated carbocycles. The molecule has 1 aliphatic rings. The van der Waals surface area contributed by atoms with Gasteiger partial charge < -0.3 is 11.1 Å². The summed E-state index contributed by atoms with van der Waals surface area (Å²) in [4.78, 5) is 0.477. The summed E-state index contributed by atoms with van der Waals surface area (Å²) in [6, 6.07) is 6.68. The first kappa shape index (κ1) is 13.3. The van der Waals surface area contributed by atoms with Gasteiger partial charge in [0.1, 0.15) is 4.99 Å². The summed E-state index contributed by atoms with van der Waals surface area (Å²) in [6.07, 6.45) is 5.15. The highest BCUT2D eigenvalue weighted by Gasteiger charge is 2.20. The van der Waals surface area contributed by atoms with Gasteiger partial charge in [-0.05, 0) is 37.3 Å². The standard InChI is InChI=1S/C15H22N2S/c1-10-5-3-7-12(9-10)17-14-11(2)6-4-8-13(14)15(16)18/h4,6,8,10,12,17H,3,5,7,9H2,1-2H3,(H2,16,18). The van der Waals surface area contributed by atoms with E-state index in [-0.39, 0.29) is 0 Å². The Morgan fingerprint density at radius 2 is 2.17 bits per heavy atom. The van der Waals surface area contributed by atoms with Crippen molar-refractivity contribution in [3.63, 3.8) is 0 Å². The molecule has 0 saturated heterocycles. The number of nitrogens with one attached hydrogen (secondary N) is 1. The molecule has 1 fully saturated rings. The maximum absolute atomic E-state index is 5.81. The molecule has 2 rings (SSSR count). The third-order valence-electron chi connectivity index (χ3n) is 3.82. The molecule has 3 N–H and O–H groups in total. The fraction of sp³-hybridized carbons (Fsp3) is 0.533. The number of thiocarbonyl (C=S) groups is 1. The molecule has 0 radical (unpaired) electrons. The molecule has 1 aliphatic carbocycles. The highest BCUT2D eigenvalue weighted by atomic mass is 32.1. The van der Waals surface area contributed by atoms with E-state index in [2.05, 4.69) is 25.2 Å². The molecular weight excluding hydrogens is 240 g/mol. The summed E-state index contributed by atoms with van der Waals surface area (Å²) in [7, 11) is 0. The number of para-hydroxylation sites is 1. The van der Waals surface area contributed by atoms with Gasteiger partial charge in [-0.15, -0.1) is 0 Å². The molecule has 98 valence electrons. The monoisotopic (exact) mass is 262 g/mol. The van der Waals surface area contributed by atoms with E-state index in [9.17, 15) is 0 Å². The Balaban J connectivity index is 2.20. The van der Waals surface area contributed by atoms with Crippen molar-refractivity contribution in [3.05, 3.63) is 29.3 Å². The summed E-state index contributed by atoms with van der Waals surface area (Å²) >= 11 is 5.14. The Bertz CT molecular complexity index is 442. The molecule has 0 spiro atoms. The van der Waals surface area contributed by atoms with Crippen molar-refractivity contribution in [1.29, 1.82) is 0 Å². The van der Waals surface area contributed by atoms with Crippen LogP contribution in [0.4, 0.5) is 5.69 Å². The van der Waals surface area contributed by atoms with Crippen molar-refractivity contribution in [2.75, 3.05) is 5.32 Å². The summed E-state index contributed by atoms with van der Waals surface area (Å²) in [5.41, 5.74) is 9.13. The van der Waals surface area contributed by atoms with Crippen LogP contribution in [0.2, 0.25) is 0 Å². The Labute approximate surface area is 115 Å². The van der Waals surface area contributed by atoms with Gasteiger partial charge in [0, 0.05) is 17.3 Å². The quantitative estimate of drug-likeness (QED) is 0.817. The number of hydrogen-bond donors (Lipinski definition) is 2. The summed E-state index contributed by atoms with van der Waals surface area (Å²) in [6.45, 7) is 4.44. The molecule has 0 amide bonds. The topological polar surface area (TPSA) is 38.0 Å². The average molecular weight is 262 g/mol. The largest absolute Gasteiger partial charge is 0.389 e. The van der Waals surface area contributed by atoms with Gasteiger partial charge in [0.25, 0.3) is 0 Å². The zero-order valence-corrected chi connectivity index (χ0v) is 12.0. The van der Waals surface area contributed by atoms with Gasteiger partial charge in [0.2, 0.25) is 0 Å². The maximum atomic E-state index is 5.81.